The maximum Gasteiger partial charge on any atom is 0.294 e. The number of hydrogen-bond acceptors (Lipinski definition) is 5. The van der Waals surface area contributed by atoms with Crippen molar-refractivity contribution in [3.8, 4) is 11.4 Å². The molecule has 7 nitrogen and oxygen atoms in total. The molecule has 0 amide bonds. The van der Waals surface area contributed by atoms with Gasteiger partial charge in [-0.2, -0.15) is 13.6 Å². The van der Waals surface area contributed by atoms with Gasteiger partial charge in [-0.1, -0.05) is 30.3 Å². The highest BCUT2D eigenvalue weighted by atomic mass is 32.2. The van der Waals surface area contributed by atoms with Gasteiger partial charge in [-0.25, -0.2) is 0 Å². The number of nitrogens with one attached hydrogen (secondary N) is 1. The number of hydrogen-bond donors (Lipinski definition) is 2. The minimum absolute atomic E-state index is 0.116. The molecular weight excluding hydrogens is 316 g/mol. The Morgan fingerprint density at radius 2 is 1.91 bits per heavy atom. The zero-order valence-electron chi connectivity index (χ0n) is 12.3. The van der Waals surface area contributed by atoms with Crippen LogP contribution in [-0.4, -0.2) is 33.6 Å². The molecule has 0 spiro atoms. The molecule has 0 bridgehead atoms. The predicted molar refractivity (Wildman–Crippen MR) is 83.4 cm³/mol. The SMILES string of the molecule is Cc1ccc(S(=O)(=O)O)cc1Cc1ccccc1-c1nn[nH]n1. The summed E-state index contributed by atoms with van der Waals surface area (Å²) in [5, 5.41) is 13.9. The number of aromatic nitrogens is 4. The van der Waals surface area contributed by atoms with Crippen LogP contribution in [0.5, 0.6) is 0 Å². The van der Waals surface area contributed by atoms with E-state index in [-0.39, 0.29) is 4.90 Å². The summed E-state index contributed by atoms with van der Waals surface area (Å²) in [5.41, 5.74) is 3.48. The van der Waals surface area contributed by atoms with E-state index in [4.69, 9.17) is 0 Å². The third kappa shape index (κ3) is 3.27. The van der Waals surface area contributed by atoms with Gasteiger partial charge in [-0.3, -0.25) is 4.55 Å². The van der Waals surface area contributed by atoms with Gasteiger partial charge in [0.25, 0.3) is 10.1 Å². The molecule has 0 radical (unpaired) electrons. The summed E-state index contributed by atoms with van der Waals surface area (Å²) in [7, 11) is -4.23. The van der Waals surface area contributed by atoms with Crippen LogP contribution in [0.25, 0.3) is 11.4 Å². The molecule has 0 saturated heterocycles. The number of nitrogens with zero attached hydrogens (tertiary/aromatic N) is 3. The molecule has 0 unspecified atom stereocenters. The van der Waals surface area contributed by atoms with Crippen molar-refractivity contribution in [1.29, 1.82) is 0 Å². The molecule has 0 saturated carbocycles. The maximum atomic E-state index is 11.3. The second-order valence-electron chi connectivity index (χ2n) is 5.13. The Labute approximate surface area is 133 Å². The van der Waals surface area contributed by atoms with Gasteiger partial charge in [0, 0.05) is 5.56 Å². The van der Waals surface area contributed by atoms with Crippen molar-refractivity contribution in [1.82, 2.24) is 20.6 Å². The largest absolute Gasteiger partial charge is 0.294 e. The summed E-state index contributed by atoms with van der Waals surface area (Å²) >= 11 is 0. The van der Waals surface area contributed by atoms with Gasteiger partial charge in [0.1, 0.15) is 0 Å². The molecule has 2 N–H and O–H groups in total. The first-order valence-electron chi connectivity index (χ1n) is 6.84. The minimum atomic E-state index is -4.23. The molecule has 0 atom stereocenters. The lowest BCUT2D eigenvalue weighted by Gasteiger charge is -2.10. The Balaban J connectivity index is 2.04. The topological polar surface area (TPSA) is 109 Å². The van der Waals surface area contributed by atoms with E-state index in [0.29, 0.717) is 12.2 Å². The van der Waals surface area contributed by atoms with Gasteiger partial charge in [-0.15, -0.1) is 10.2 Å². The van der Waals surface area contributed by atoms with E-state index in [9.17, 15) is 13.0 Å². The van der Waals surface area contributed by atoms with Crippen LogP contribution in [0.15, 0.2) is 47.4 Å². The number of H-pyrrole nitrogens is 1. The Kier molecular flexibility index (Phi) is 3.93. The van der Waals surface area contributed by atoms with Crippen LogP contribution in [0.1, 0.15) is 16.7 Å². The summed E-state index contributed by atoms with van der Waals surface area (Å²) in [6, 6.07) is 12.1. The van der Waals surface area contributed by atoms with Crippen molar-refractivity contribution in [3.05, 3.63) is 59.2 Å². The standard InChI is InChI=1S/C15H14N4O3S/c1-10-6-7-13(23(20,21)22)9-12(10)8-11-4-2-3-5-14(11)15-16-18-19-17-15/h2-7,9H,8H2,1H3,(H,20,21,22)(H,16,17,18,19). The number of aromatic amines is 1. The molecule has 2 aromatic carbocycles. The van der Waals surface area contributed by atoms with Crippen LogP contribution in [0.3, 0.4) is 0 Å². The number of benzene rings is 2. The van der Waals surface area contributed by atoms with Gasteiger partial charge >= 0.3 is 0 Å². The summed E-state index contributed by atoms with van der Waals surface area (Å²) in [4.78, 5) is -0.116. The fourth-order valence-corrected chi connectivity index (χ4v) is 2.90. The van der Waals surface area contributed by atoms with Crippen LogP contribution in [0.2, 0.25) is 0 Å². The van der Waals surface area contributed by atoms with Gasteiger partial charge in [0.15, 0.2) is 0 Å². The maximum absolute atomic E-state index is 11.3. The molecule has 3 rings (SSSR count). The zero-order chi connectivity index (χ0) is 16.4. The molecule has 118 valence electrons. The van der Waals surface area contributed by atoms with Crippen LogP contribution < -0.4 is 0 Å². The van der Waals surface area contributed by atoms with Crippen LogP contribution >= 0.6 is 0 Å². The lowest BCUT2D eigenvalue weighted by atomic mass is 9.97. The van der Waals surface area contributed by atoms with Gasteiger partial charge < -0.3 is 0 Å². The molecule has 1 heterocycles. The van der Waals surface area contributed by atoms with Crippen LogP contribution in [-0.2, 0) is 16.5 Å². The molecule has 0 aliphatic carbocycles. The summed E-state index contributed by atoms with van der Waals surface area (Å²) in [5.74, 6) is 0.476. The third-order valence-corrected chi connectivity index (χ3v) is 4.45. The Morgan fingerprint density at radius 1 is 1.13 bits per heavy atom. The average molecular weight is 330 g/mol. The molecular formula is C15H14N4O3S. The molecule has 3 aromatic rings. The molecule has 23 heavy (non-hydrogen) atoms. The normalized spacial score (nSPS) is 11.6. The summed E-state index contributed by atoms with van der Waals surface area (Å²) < 4.78 is 31.9. The fraction of sp³-hybridized carbons (Fsp3) is 0.133. The van der Waals surface area contributed by atoms with E-state index in [1.807, 2.05) is 31.2 Å². The Bertz CT molecular complexity index is 937. The highest BCUT2D eigenvalue weighted by Crippen LogP contribution is 2.24. The summed E-state index contributed by atoms with van der Waals surface area (Å²) in [6.45, 7) is 1.89. The lowest BCUT2D eigenvalue weighted by Crippen LogP contribution is -2.02. The average Bonchev–Trinajstić information content (AvgIpc) is 3.03. The zero-order valence-corrected chi connectivity index (χ0v) is 13.1. The molecule has 0 fully saturated rings. The summed E-state index contributed by atoms with van der Waals surface area (Å²) in [6.07, 6.45) is 0.486. The van der Waals surface area contributed by atoms with Gasteiger partial charge in [-0.05, 0) is 47.4 Å². The van der Waals surface area contributed by atoms with E-state index in [1.165, 1.54) is 12.1 Å². The van der Waals surface area contributed by atoms with Crippen molar-refractivity contribution >= 4 is 10.1 Å². The number of rotatable bonds is 4. The number of tetrazole rings is 1. The highest BCUT2D eigenvalue weighted by molar-refractivity contribution is 7.85. The van der Waals surface area contributed by atoms with Crippen molar-refractivity contribution in [3.63, 3.8) is 0 Å². The molecule has 1 aromatic heterocycles. The van der Waals surface area contributed by atoms with Crippen molar-refractivity contribution < 1.29 is 13.0 Å². The van der Waals surface area contributed by atoms with E-state index in [1.54, 1.807) is 6.07 Å². The highest BCUT2D eigenvalue weighted by Gasteiger charge is 2.14. The second-order valence-corrected chi connectivity index (χ2v) is 6.55. The monoisotopic (exact) mass is 330 g/mol. The van der Waals surface area contributed by atoms with E-state index in [0.717, 1.165) is 22.3 Å². The van der Waals surface area contributed by atoms with Crippen LogP contribution in [0, 0.1) is 6.92 Å². The second kappa shape index (κ2) is 5.90. The van der Waals surface area contributed by atoms with E-state index in [2.05, 4.69) is 20.6 Å². The Morgan fingerprint density at radius 3 is 2.61 bits per heavy atom. The van der Waals surface area contributed by atoms with Gasteiger partial charge in [0.05, 0.1) is 4.90 Å². The quantitative estimate of drug-likeness (QED) is 0.708. The van der Waals surface area contributed by atoms with Crippen molar-refractivity contribution in [2.75, 3.05) is 0 Å². The van der Waals surface area contributed by atoms with Gasteiger partial charge in [0.2, 0.25) is 5.82 Å². The lowest BCUT2D eigenvalue weighted by molar-refractivity contribution is 0.483. The predicted octanol–water partition coefficient (Wildman–Crippen LogP) is 2.01. The minimum Gasteiger partial charge on any atom is -0.282 e. The van der Waals surface area contributed by atoms with Crippen LogP contribution in [0.4, 0.5) is 0 Å². The van der Waals surface area contributed by atoms with E-state index >= 15 is 0 Å². The Hall–Kier alpha value is -2.58. The fourth-order valence-electron chi connectivity index (χ4n) is 2.37. The van der Waals surface area contributed by atoms with E-state index < -0.39 is 10.1 Å². The first-order chi connectivity index (χ1) is 10.9. The van der Waals surface area contributed by atoms with Crippen molar-refractivity contribution in [2.45, 2.75) is 18.2 Å². The van der Waals surface area contributed by atoms with Crippen molar-refractivity contribution in [2.24, 2.45) is 0 Å². The third-order valence-electron chi connectivity index (χ3n) is 3.60. The number of aryl methyl sites for hydroxylation is 1. The molecule has 0 aliphatic heterocycles. The molecule has 0 aliphatic rings. The molecule has 8 heteroatoms. The first kappa shape index (κ1) is 15.3. The smallest absolute Gasteiger partial charge is 0.282 e. The first-order valence-corrected chi connectivity index (χ1v) is 8.28.